The Hall–Kier alpha value is -1.00. The van der Waals surface area contributed by atoms with Crippen LogP contribution in [-0.4, -0.2) is 39.2 Å². The molecule has 1 heterocycles. The lowest BCUT2D eigenvalue weighted by molar-refractivity contribution is 0.0592. The molecule has 0 spiro atoms. The summed E-state index contributed by atoms with van der Waals surface area (Å²) in [5.41, 5.74) is 0. The Morgan fingerprint density at radius 1 is 1.61 bits per heavy atom. The van der Waals surface area contributed by atoms with Crippen LogP contribution in [0, 0.1) is 0 Å². The van der Waals surface area contributed by atoms with E-state index < -0.39 is 39.6 Å². The summed E-state index contributed by atoms with van der Waals surface area (Å²) >= 11 is 2.78. The summed E-state index contributed by atoms with van der Waals surface area (Å²) in [5.74, 6) is -1.26. The van der Waals surface area contributed by atoms with Gasteiger partial charge in [0.1, 0.15) is 4.90 Å². The molecule has 0 fully saturated rings. The van der Waals surface area contributed by atoms with Crippen molar-refractivity contribution in [2.75, 3.05) is 13.6 Å². The highest BCUT2D eigenvalue weighted by Crippen LogP contribution is 2.25. The van der Waals surface area contributed by atoms with Crippen molar-refractivity contribution in [3.8, 4) is 0 Å². The third kappa shape index (κ3) is 3.50. The molecular formula is C8H9BrF2N2O4S. The van der Waals surface area contributed by atoms with Crippen molar-refractivity contribution in [1.82, 2.24) is 4.90 Å². The number of amides is 1. The first-order valence-electron chi connectivity index (χ1n) is 4.48. The summed E-state index contributed by atoms with van der Waals surface area (Å²) in [4.78, 5) is 11.9. The van der Waals surface area contributed by atoms with E-state index in [2.05, 4.69) is 15.9 Å². The van der Waals surface area contributed by atoms with Gasteiger partial charge in [-0.25, -0.2) is 22.3 Å². The van der Waals surface area contributed by atoms with Crippen LogP contribution in [0.25, 0.3) is 0 Å². The molecule has 0 aliphatic rings. The van der Waals surface area contributed by atoms with E-state index in [0.717, 1.165) is 13.1 Å². The zero-order valence-corrected chi connectivity index (χ0v) is 11.5. The molecule has 1 rings (SSSR count). The van der Waals surface area contributed by atoms with E-state index in [1.54, 1.807) is 0 Å². The van der Waals surface area contributed by atoms with E-state index in [1.165, 1.54) is 0 Å². The van der Waals surface area contributed by atoms with Gasteiger partial charge < -0.3 is 9.32 Å². The fourth-order valence-corrected chi connectivity index (χ4v) is 2.63. The van der Waals surface area contributed by atoms with Crippen molar-refractivity contribution in [2.45, 2.75) is 11.3 Å². The number of nitrogens with zero attached hydrogens (tertiary/aromatic N) is 1. The zero-order chi connectivity index (χ0) is 14.1. The molecule has 1 aromatic rings. The number of alkyl halides is 2. The second-order valence-electron chi connectivity index (χ2n) is 3.37. The molecule has 0 atom stereocenters. The van der Waals surface area contributed by atoms with Crippen LogP contribution >= 0.6 is 15.9 Å². The van der Waals surface area contributed by atoms with Crippen LogP contribution in [0.5, 0.6) is 0 Å². The van der Waals surface area contributed by atoms with E-state index in [1.807, 2.05) is 0 Å². The molecule has 0 aromatic carbocycles. The number of nitrogens with two attached hydrogens (primary N) is 1. The third-order valence-corrected chi connectivity index (χ3v) is 3.70. The summed E-state index contributed by atoms with van der Waals surface area (Å²) in [5, 5.41) is 4.87. The first-order chi connectivity index (χ1) is 8.12. The van der Waals surface area contributed by atoms with Crippen LogP contribution in [0.4, 0.5) is 8.78 Å². The number of primary sulfonamides is 1. The van der Waals surface area contributed by atoms with E-state index in [0.29, 0.717) is 4.90 Å². The molecule has 2 N–H and O–H groups in total. The Morgan fingerprint density at radius 3 is 2.56 bits per heavy atom. The molecule has 0 unspecified atom stereocenters. The topological polar surface area (TPSA) is 93.6 Å². The molecule has 0 aliphatic heterocycles. The van der Waals surface area contributed by atoms with E-state index in [-0.39, 0.29) is 4.67 Å². The average molecular weight is 347 g/mol. The van der Waals surface area contributed by atoms with Crippen LogP contribution < -0.4 is 5.14 Å². The lowest BCUT2D eigenvalue weighted by Gasteiger charge is -2.14. The lowest BCUT2D eigenvalue weighted by atomic mass is 10.4. The fraction of sp³-hybridized carbons (Fsp3) is 0.375. The highest BCUT2D eigenvalue weighted by atomic mass is 79.9. The van der Waals surface area contributed by atoms with Gasteiger partial charge in [-0.15, -0.1) is 0 Å². The minimum Gasteiger partial charge on any atom is -0.443 e. The highest BCUT2D eigenvalue weighted by Gasteiger charge is 2.25. The van der Waals surface area contributed by atoms with Gasteiger partial charge in [0.15, 0.2) is 10.4 Å². The number of rotatable bonds is 4. The normalized spacial score (nSPS) is 11.9. The predicted octanol–water partition coefficient (Wildman–Crippen LogP) is 1.03. The van der Waals surface area contributed by atoms with E-state index in [4.69, 9.17) is 9.56 Å². The number of carbonyl (C=O) groups is 1. The maximum absolute atomic E-state index is 12.1. The van der Waals surface area contributed by atoms with Gasteiger partial charge in [-0.2, -0.15) is 0 Å². The largest absolute Gasteiger partial charge is 0.443 e. The Morgan fingerprint density at radius 2 is 2.17 bits per heavy atom. The molecule has 0 saturated carbocycles. The van der Waals surface area contributed by atoms with Gasteiger partial charge in [-0.05, 0) is 15.9 Å². The number of sulfonamides is 1. The number of hydrogen-bond acceptors (Lipinski definition) is 4. The third-order valence-electron chi connectivity index (χ3n) is 1.93. The van der Waals surface area contributed by atoms with Gasteiger partial charge in [0.2, 0.25) is 10.0 Å². The lowest BCUT2D eigenvalue weighted by Crippen LogP contribution is -2.31. The van der Waals surface area contributed by atoms with Gasteiger partial charge in [-0.3, -0.25) is 4.79 Å². The van der Waals surface area contributed by atoms with Gasteiger partial charge >= 0.3 is 0 Å². The summed E-state index contributed by atoms with van der Waals surface area (Å²) < 4.78 is 50.9. The summed E-state index contributed by atoms with van der Waals surface area (Å²) in [7, 11) is -2.91. The maximum Gasteiger partial charge on any atom is 0.289 e. The first-order valence-corrected chi connectivity index (χ1v) is 6.82. The zero-order valence-electron chi connectivity index (χ0n) is 9.06. The Bertz CT molecular complexity index is 557. The molecule has 0 radical (unpaired) electrons. The Balaban J connectivity index is 3.02. The maximum atomic E-state index is 12.1. The first kappa shape index (κ1) is 15.1. The second-order valence-corrected chi connectivity index (χ2v) is 5.62. The predicted molar refractivity (Wildman–Crippen MR) is 60.7 cm³/mol. The molecule has 0 aliphatic carbocycles. The van der Waals surface area contributed by atoms with Crippen molar-refractivity contribution in [3.05, 3.63) is 16.5 Å². The summed E-state index contributed by atoms with van der Waals surface area (Å²) in [6.07, 6.45) is -2.70. The molecule has 0 bridgehead atoms. The van der Waals surface area contributed by atoms with Crippen molar-refractivity contribution < 1.29 is 26.4 Å². The second kappa shape index (κ2) is 5.33. The molecule has 1 amide bonds. The quantitative estimate of drug-likeness (QED) is 0.880. The van der Waals surface area contributed by atoms with Gasteiger partial charge in [0, 0.05) is 13.1 Å². The molecule has 102 valence electrons. The van der Waals surface area contributed by atoms with Crippen LogP contribution in [0.3, 0.4) is 0 Å². The number of halogens is 3. The van der Waals surface area contributed by atoms with Gasteiger partial charge in [-0.1, -0.05) is 0 Å². The Labute approximate surface area is 110 Å². The van der Waals surface area contributed by atoms with Crippen molar-refractivity contribution >= 4 is 31.9 Å². The standard InChI is InChI=1S/C8H9BrF2N2O4S/c1-13(3-6(10)11)8(14)4-2-5(7(9)17-4)18(12,15)16/h2,6H,3H2,1H3,(H2,12,15,16). The summed E-state index contributed by atoms with van der Waals surface area (Å²) in [6, 6.07) is 0.879. The highest BCUT2D eigenvalue weighted by molar-refractivity contribution is 9.10. The molecule has 18 heavy (non-hydrogen) atoms. The summed E-state index contributed by atoms with van der Waals surface area (Å²) in [6.45, 7) is -0.790. The number of furan rings is 1. The van der Waals surface area contributed by atoms with Crippen LogP contribution in [0.2, 0.25) is 0 Å². The minimum atomic E-state index is -4.05. The molecular weight excluding hydrogens is 338 g/mol. The number of carbonyl (C=O) groups excluding carboxylic acids is 1. The number of hydrogen-bond donors (Lipinski definition) is 1. The fourth-order valence-electron chi connectivity index (χ4n) is 1.13. The monoisotopic (exact) mass is 346 g/mol. The minimum absolute atomic E-state index is 0.251. The SMILES string of the molecule is CN(CC(F)F)C(=O)c1cc(S(N)(=O)=O)c(Br)o1. The van der Waals surface area contributed by atoms with Gasteiger partial charge in [0.25, 0.3) is 12.3 Å². The molecule has 10 heteroatoms. The van der Waals surface area contributed by atoms with Crippen LogP contribution in [0.15, 0.2) is 20.0 Å². The molecule has 1 aromatic heterocycles. The van der Waals surface area contributed by atoms with Crippen molar-refractivity contribution in [1.29, 1.82) is 0 Å². The van der Waals surface area contributed by atoms with E-state index >= 15 is 0 Å². The van der Waals surface area contributed by atoms with Gasteiger partial charge in [0.05, 0.1) is 6.54 Å². The van der Waals surface area contributed by atoms with Crippen molar-refractivity contribution in [3.63, 3.8) is 0 Å². The average Bonchev–Trinajstić information content (AvgIpc) is 2.57. The Kier molecular flexibility index (Phi) is 4.46. The molecule has 0 saturated heterocycles. The molecule has 6 nitrogen and oxygen atoms in total. The smallest absolute Gasteiger partial charge is 0.289 e. The van der Waals surface area contributed by atoms with E-state index in [9.17, 15) is 22.0 Å². The van der Waals surface area contributed by atoms with Crippen molar-refractivity contribution in [2.24, 2.45) is 5.14 Å². The van der Waals surface area contributed by atoms with Crippen LogP contribution in [-0.2, 0) is 10.0 Å². The van der Waals surface area contributed by atoms with Crippen LogP contribution in [0.1, 0.15) is 10.6 Å².